The van der Waals surface area contributed by atoms with Gasteiger partial charge in [0.15, 0.2) is 0 Å². The summed E-state index contributed by atoms with van der Waals surface area (Å²) >= 11 is 0. The lowest BCUT2D eigenvalue weighted by Gasteiger charge is -2.29. The summed E-state index contributed by atoms with van der Waals surface area (Å²) in [5.74, 6) is 2.06. The van der Waals surface area contributed by atoms with Crippen LogP contribution in [0.2, 0.25) is 0 Å². The minimum atomic E-state index is 0.516. The Morgan fingerprint density at radius 1 is 1.35 bits per heavy atom. The molecule has 1 saturated carbocycles. The Bertz CT molecular complexity index is 400. The Morgan fingerprint density at radius 2 is 2.10 bits per heavy atom. The molecule has 0 atom stereocenters. The second-order valence-corrected chi connectivity index (χ2v) is 6.29. The first-order chi connectivity index (χ1) is 9.63. The third-order valence-electron chi connectivity index (χ3n) is 3.88. The van der Waals surface area contributed by atoms with Crippen molar-refractivity contribution < 1.29 is 0 Å². The van der Waals surface area contributed by atoms with Gasteiger partial charge in [-0.1, -0.05) is 13.3 Å². The summed E-state index contributed by atoms with van der Waals surface area (Å²) in [4.78, 5) is 7.39. The molecule has 2 rings (SSSR count). The van der Waals surface area contributed by atoms with Crippen LogP contribution in [0, 0.1) is 5.92 Å². The largest absolute Gasteiger partial charge is 0.354 e. The minimum Gasteiger partial charge on any atom is -0.354 e. The number of hydrogen-bond donors (Lipinski definition) is 1. The van der Waals surface area contributed by atoms with E-state index in [2.05, 4.69) is 43.1 Å². The van der Waals surface area contributed by atoms with E-state index in [-0.39, 0.29) is 0 Å². The number of aromatic nitrogens is 1. The van der Waals surface area contributed by atoms with E-state index in [9.17, 15) is 0 Å². The van der Waals surface area contributed by atoms with Gasteiger partial charge in [0.25, 0.3) is 0 Å². The molecule has 1 aromatic rings. The van der Waals surface area contributed by atoms with Crippen molar-refractivity contribution >= 4 is 5.82 Å². The molecule has 1 aliphatic carbocycles. The zero-order valence-corrected chi connectivity index (χ0v) is 13.4. The fourth-order valence-corrected chi connectivity index (χ4v) is 2.62. The molecule has 0 unspecified atom stereocenters. The molecule has 3 nitrogen and oxygen atoms in total. The molecule has 1 aromatic heterocycles. The van der Waals surface area contributed by atoms with E-state index in [0.717, 1.165) is 25.3 Å². The summed E-state index contributed by atoms with van der Waals surface area (Å²) in [6.45, 7) is 8.85. The maximum Gasteiger partial charge on any atom is 0.129 e. The van der Waals surface area contributed by atoms with Gasteiger partial charge in [-0.15, -0.1) is 0 Å². The quantitative estimate of drug-likeness (QED) is 0.788. The normalized spacial score (nSPS) is 14.8. The summed E-state index contributed by atoms with van der Waals surface area (Å²) in [7, 11) is 2.00. The number of aryl methyl sites for hydroxylation is 1. The van der Waals surface area contributed by atoms with Gasteiger partial charge in [-0.25, -0.2) is 4.98 Å². The first-order valence-electron chi connectivity index (χ1n) is 8.05. The smallest absolute Gasteiger partial charge is 0.129 e. The summed E-state index contributed by atoms with van der Waals surface area (Å²) in [5.41, 5.74) is 2.58. The topological polar surface area (TPSA) is 28.2 Å². The number of hydrogen-bond acceptors (Lipinski definition) is 3. The Hall–Kier alpha value is -1.09. The van der Waals surface area contributed by atoms with E-state index in [4.69, 9.17) is 4.98 Å². The molecule has 20 heavy (non-hydrogen) atoms. The summed E-state index contributed by atoms with van der Waals surface area (Å²) in [6, 6.07) is 5.03. The van der Waals surface area contributed by atoms with Crippen LogP contribution < -0.4 is 10.2 Å². The Balaban J connectivity index is 2.25. The van der Waals surface area contributed by atoms with Crippen LogP contribution >= 0.6 is 0 Å². The predicted octanol–water partition coefficient (Wildman–Crippen LogP) is 3.38. The highest BCUT2D eigenvalue weighted by atomic mass is 15.2. The van der Waals surface area contributed by atoms with Crippen LogP contribution in [-0.2, 0) is 13.0 Å². The van der Waals surface area contributed by atoms with Gasteiger partial charge >= 0.3 is 0 Å². The second kappa shape index (κ2) is 7.07. The van der Waals surface area contributed by atoms with Crippen LogP contribution in [0.5, 0.6) is 0 Å². The van der Waals surface area contributed by atoms with E-state index in [1.807, 2.05) is 7.05 Å². The SMILES string of the molecule is CCCc1cc(CNC)cc(N(CC2CC2)C(C)C)n1. The van der Waals surface area contributed by atoms with Gasteiger partial charge in [-0.3, -0.25) is 0 Å². The van der Waals surface area contributed by atoms with E-state index in [1.165, 1.54) is 36.5 Å². The monoisotopic (exact) mass is 275 g/mol. The lowest BCUT2D eigenvalue weighted by Crippen LogP contribution is -2.33. The molecule has 3 heteroatoms. The fourth-order valence-electron chi connectivity index (χ4n) is 2.62. The number of nitrogens with one attached hydrogen (secondary N) is 1. The Labute approximate surface area is 123 Å². The molecular weight excluding hydrogens is 246 g/mol. The van der Waals surface area contributed by atoms with Crippen LogP contribution in [0.1, 0.15) is 51.3 Å². The van der Waals surface area contributed by atoms with E-state index in [0.29, 0.717) is 6.04 Å². The summed E-state index contributed by atoms with van der Waals surface area (Å²) in [5, 5.41) is 3.26. The maximum absolute atomic E-state index is 4.91. The molecule has 0 saturated heterocycles. The van der Waals surface area contributed by atoms with Crippen molar-refractivity contribution in [1.29, 1.82) is 0 Å². The highest BCUT2D eigenvalue weighted by Crippen LogP contribution is 2.32. The van der Waals surface area contributed by atoms with Crippen molar-refractivity contribution in [2.75, 3.05) is 18.5 Å². The lowest BCUT2D eigenvalue weighted by atomic mass is 10.1. The van der Waals surface area contributed by atoms with Gasteiger partial charge < -0.3 is 10.2 Å². The highest BCUT2D eigenvalue weighted by molar-refractivity contribution is 5.44. The third-order valence-corrected chi connectivity index (χ3v) is 3.88. The van der Waals surface area contributed by atoms with Gasteiger partial charge in [-0.2, -0.15) is 0 Å². The van der Waals surface area contributed by atoms with E-state index in [1.54, 1.807) is 0 Å². The average Bonchev–Trinajstić information content (AvgIpc) is 3.20. The molecule has 0 bridgehead atoms. The molecule has 0 amide bonds. The first kappa shape index (κ1) is 15.3. The molecule has 0 spiro atoms. The molecule has 1 fully saturated rings. The van der Waals surface area contributed by atoms with Crippen LogP contribution in [0.3, 0.4) is 0 Å². The molecule has 1 N–H and O–H groups in total. The number of nitrogens with zero attached hydrogens (tertiary/aromatic N) is 2. The number of pyridine rings is 1. The van der Waals surface area contributed by atoms with Gasteiger partial charge in [0.05, 0.1) is 0 Å². The van der Waals surface area contributed by atoms with Crippen molar-refractivity contribution in [2.45, 2.75) is 59.0 Å². The van der Waals surface area contributed by atoms with E-state index >= 15 is 0 Å². The Kier molecular flexibility index (Phi) is 5.41. The third kappa shape index (κ3) is 4.20. The fraction of sp³-hybridized carbons (Fsp3) is 0.706. The average molecular weight is 275 g/mol. The predicted molar refractivity (Wildman–Crippen MR) is 86.2 cm³/mol. The van der Waals surface area contributed by atoms with Gasteiger partial charge in [0.2, 0.25) is 0 Å². The molecule has 0 aliphatic heterocycles. The first-order valence-corrected chi connectivity index (χ1v) is 8.05. The van der Waals surface area contributed by atoms with Gasteiger partial charge in [0, 0.05) is 24.8 Å². The minimum absolute atomic E-state index is 0.516. The zero-order valence-electron chi connectivity index (χ0n) is 13.4. The van der Waals surface area contributed by atoms with Gasteiger partial charge in [0.1, 0.15) is 5.82 Å². The van der Waals surface area contributed by atoms with Crippen LogP contribution in [0.4, 0.5) is 5.82 Å². The van der Waals surface area contributed by atoms with Crippen LogP contribution in [-0.4, -0.2) is 24.6 Å². The van der Waals surface area contributed by atoms with Gasteiger partial charge in [-0.05, 0) is 63.8 Å². The van der Waals surface area contributed by atoms with Crippen LogP contribution in [0.15, 0.2) is 12.1 Å². The van der Waals surface area contributed by atoms with Crippen molar-refractivity contribution in [3.05, 3.63) is 23.4 Å². The second-order valence-electron chi connectivity index (χ2n) is 6.29. The summed E-state index contributed by atoms with van der Waals surface area (Å²) in [6.07, 6.45) is 5.00. The zero-order chi connectivity index (χ0) is 14.5. The maximum atomic E-state index is 4.91. The lowest BCUT2D eigenvalue weighted by molar-refractivity contribution is 0.633. The highest BCUT2D eigenvalue weighted by Gasteiger charge is 2.26. The Morgan fingerprint density at radius 3 is 2.65 bits per heavy atom. The standard InChI is InChI=1S/C17H29N3/c1-5-6-16-9-15(11-18-4)10-17(19-16)20(13(2)3)12-14-7-8-14/h9-10,13-14,18H,5-8,11-12H2,1-4H3. The number of rotatable bonds is 8. The molecule has 112 valence electrons. The van der Waals surface area contributed by atoms with Crippen molar-refractivity contribution in [2.24, 2.45) is 5.92 Å². The molecule has 1 heterocycles. The molecule has 0 aromatic carbocycles. The van der Waals surface area contributed by atoms with E-state index < -0.39 is 0 Å². The molecular formula is C17H29N3. The number of anilines is 1. The summed E-state index contributed by atoms with van der Waals surface area (Å²) < 4.78 is 0. The molecule has 0 radical (unpaired) electrons. The molecule has 1 aliphatic rings. The van der Waals surface area contributed by atoms with Crippen molar-refractivity contribution in [3.8, 4) is 0 Å². The van der Waals surface area contributed by atoms with Crippen molar-refractivity contribution in [3.63, 3.8) is 0 Å². The van der Waals surface area contributed by atoms with Crippen molar-refractivity contribution in [1.82, 2.24) is 10.3 Å². The van der Waals surface area contributed by atoms with Crippen LogP contribution in [0.25, 0.3) is 0 Å².